The largest absolute Gasteiger partial charge is 0.495 e. The second-order valence-corrected chi connectivity index (χ2v) is 8.33. The van der Waals surface area contributed by atoms with E-state index in [0.717, 1.165) is 10.8 Å². The molecule has 3 aromatic rings. The van der Waals surface area contributed by atoms with Crippen LogP contribution in [-0.4, -0.2) is 24.0 Å². The van der Waals surface area contributed by atoms with Gasteiger partial charge in [-0.25, -0.2) is 0 Å². The van der Waals surface area contributed by atoms with Crippen LogP contribution in [0.15, 0.2) is 59.1 Å². The van der Waals surface area contributed by atoms with Crippen molar-refractivity contribution in [1.82, 2.24) is 5.32 Å². The van der Waals surface area contributed by atoms with E-state index < -0.39 is 5.91 Å². The number of rotatable bonds is 5. The topological polar surface area (TPSA) is 79.5 Å². The van der Waals surface area contributed by atoms with Gasteiger partial charge in [-0.05, 0) is 63.2 Å². The first-order valence-electron chi connectivity index (χ1n) is 9.58. The molecule has 0 spiro atoms. The fraction of sp³-hybridized carbons (Fsp3) is 0.174. The average Bonchev–Trinajstić information content (AvgIpc) is 2.73. The number of carbonyl (C=O) groups is 2. The lowest BCUT2D eigenvalue weighted by molar-refractivity contribution is -0.118. The number of methoxy groups -OCH3 is 1. The molecule has 2 amide bonds. The van der Waals surface area contributed by atoms with Crippen molar-refractivity contribution in [2.24, 2.45) is 5.92 Å². The number of benzene rings is 3. The van der Waals surface area contributed by atoms with Gasteiger partial charge in [0.1, 0.15) is 5.75 Å². The summed E-state index contributed by atoms with van der Waals surface area (Å²) in [5.74, 6) is -0.183. The Bertz CT molecular complexity index is 1160. The zero-order valence-corrected chi connectivity index (χ0v) is 19.7. The molecule has 0 heterocycles. The number of nitrogens with one attached hydrogen (secondary N) is 3. The van der Waals surface area contributed by atoms with E-state index in [1.165, 1.54) is 7.11 Å². The molecular weight excluding hydrogens is 478 g/mol. The van der Waals surface area contributed by atoms with Gasteiger partial charge in [0.2, 0.25) is 5.91 Å². The van der Waals surface area contributed by atoms with Gasteiger partial charge in [-0.1, -0.05) is 44.2 Å². The maximum absolute atomic E-state index is 12.9. The SMILES string of the molecule is COc1c(C(=O)NC(=S)Nc2cccc(NC(=O)C(C)C)c2)cc2ccccc2c1Br. The van der Waals surface area contributed by atoms with Crippen molar-refractivity contribution in [1.29, 1.82) is 0 Å². The first-order chi connectivity index (χ1) is 14.8. The molecular formula is C23H22BrN3O3S. The minimum absolute atomic E-state index is 0.0815. The number of amides is 2. The summed E-state index contributed by atoms with van der Waals surface area (Å²) < 4.78 is 6.17. The van der Waals surface area contributed by atoms with Crippen molar-refractivity contribution in [3.05, 3.63) is 64.6 Å². The van der Waals surface area contributed by atoms with Gasteiger partial charge in [0.15, 0.2) is 5.11 Å². The molecule has 0 bridgehead atoms. The van der Waals surface area contributed by atoms with E-state index in [4.69, 9.17) is 17.0 Å². The van der Waals surface area contributed by atoms with Gasteiger partial charge in [0.05, 0.1) is 17.1 Å². The van der Waals surface area contributed by atoms with Crippen LogP contribution < -0.4 is 20.7 Å². The first kappa shape index (κ1) is 22.7. The molecule has 0 saturated heterocycles. The Kier molecular flexibility index (Phi) is 7.25. The summed E-state index contributed by atoms with van der Waals surface area (Å²) >= 11 is 8.84. The van der Waals surface area contributed by atoms with Crippen molar-refractivity contribution in [2.45, 2.75) is 13.8 Å². The molecule has 160 valence electrons. The number of thiocarbonyl (C=S) groups is 1. The summed E-state index contributed by atoms with van der Waals surface area (Å²) in [7, 11) is 1.51. The van der Waals surface area contributed by atoms with E-state index in [2.05, 4.69) is 31.9 Å². The third-order valence-corrected chi connectivity index (χ3v) is 5.52. The summed E-state index contributed by atoms with van der Waals surface area (Å²) in [6.45, 7) is 3.64. The van der Waals surface area contributed by atoms with Gasteiger partial charge in [-0.2, -0.15) is 0 Å². The van der Waals surface area contributed by atoms with Crippen LogP contribution in [0.1, 0.15) is 24.2 Å². The Morgan fingerprint density at radius 1 is 1.00 bits per heavy atom. The van der Waals surface area contributed by atoms with Crippen LogP contribution >= 0.6 is 28.1 Å². The highest BCUT2D eigenvalue weighted by Crippen LogP contribution is 2.36. The van der Waals surface area contributed by atoms with Gasteiger partial charge in [0.25, 0.3) is 5.91 Å². The van der Waals surface area contributed by atoms with Crippen LogP contribution in [0.5, 0.6) is 5.75 Å². The lowest BCUT2D eigenvalue weighted by atomic mass is 10.1. The van der Waals surface area contributed by atoms with Crippen molar-refractivity contribution >= 4 is 67.2 Å². The maximum Gasteiger partial charge on any atom is 0.261 e. The minimum Gasteiger partial charge on any atom is -0.495 e. The lowest BCUT2D eigenvalue weighted by Gasteiger charge is -2.15. The fourth-order valence-corrected chi connectivity index (χ4v) is 3.89. The molecule has 3 rings (SSSR count). The quantitative estimate of drug-likeness (QED) is 0.413. The number of hydrogen-bond donors (Lipinski definition) is 3. The number of anilines is 2. The van der Waals surface area contributed by atoms with Crippen LogP contribution in [-0.2, 0) is 4.79 Å². The van der Waals surface area contributed by atoms with Crippen LogP contribution in [0.3, 0.4) is 0 Å². The highest BCUT2D eigenvalue weighted by atomic mass is 79.9. The Labute approximate surface area is 194 Å². The van der Waals surface area contributed by atoms with Crippen molar-refractivity contribution in [3.63, 3.8) is 0 Å². The van der Waals surface area contributed by atoms with Crippen LogP contribution in [0.4, 0.5) is 11.4 Å². The number of carbonyl (C=O) groups excluding carboxylic acids is 2. The Balaban J connectivity index is 1.76. The average molecular weight is 500 g/mol. The molecule has 8 heteroatoms. The third-order valence-electron chi connectivity index (χ3n) is 4.53. The molecule has 0 aromatic heterocycles. The standard InChI is InChI=1S/C23H22BrN3O3S/c1-13(2)21(28)25-15-8-6-9-16(12-15)26-23(31)27-22(29)18-11-14-7-4-5-10-17(14)19(24)20(18)30-3/h4-13H,1-3H3,(H,25,28)(H2,26,27,29,31). The van der Waals surface area contributed by atoms with E-state index in [0.29, 0.717) is 27.2 Å². The van der Waals surface area contributed by atoms with E-state index in [1.807, 2.05) is 38.1 Å². The molecule has 0 aliphatic rings. The normalized spacial score (nSPS) is 10.6. The molecule has 6 nitrogen and oxygen atoms in total. The number of halogens is 1. The second-order valence-electron chi connectivity index (χ2n) is 7.13. The summed E-state index contributed by atoms with van der Waals surface area (Å²) in [5, 5.41) is 10.4. The molecule has 0 atom stereocenters. The van der Waals surface area contributed by atoms with Gasteiger partial charge < -0.3 is 15.4 Å². The van der Waals surface area contributed by atoms with Crippen LogP contribution in [0, 0.1) is 5.92 Å². The molecule has 3 N–H and O–H groups in total. The number of ether oxygens (including phenoxy) is 1. The Morgan fingerprint density at radius 3 is 2.35 bits per heavy atom. The zero-order chi connectivity index (χ0) is 22.5. The van der Waals surface area contributed by atoms with Gasteiger partial charge in [-0.15, -0.1) is 0 Å². The predicted octanol–water partition coefficient (Wildman–Crippen LogP) is 5.33. The molecule has 0 unspecified atom stereocenters. The summed E-state index contributed by atoms with van der Waals surface area (Å²) in [6.07, 6.45) is 0. The van der Waals surface area contributed by atoms with Crippen LogP contribution in [0.2, 0.25) is 0 Å². The lowest BCUT2D eigenvalue weighted by Crippen LogP contribution is -2.34. The van der Waals surface area contributed by atoms with E-state index in [-0.39, 0.29) is 16.9 Å². The molecule has 0 saturated carbocycles. The van der Waals surface area contributed by atoms with Crippen molar-refractivity contribution in [3.8, 4) is 5.75 Å². The number of hydrogen-bond acceptors (Lipinski definition) is 4. The van der Waals surface area contributed by atoms with Gasteiger partial charge in [-0.3, -0.25) is 14.9 Å². The molecule has 0 fully saturated rings. The Morgan fingerprint density at radius 2 is 1.68 bits per heavy atom. The highest BCUT2D eigenvalue weighted by molar-refractivity contribution is 9.10. The van der Waals surface area contributed by atoms with Gasteiger partial charge >= 0.3 is 0 Å². The van der Waals surface area contributed by atoms with E-state index >= 15 is 0 Å². The second kappa shape index (κ2) is 9.89. The zero-order valence-electron chi connectivity index (χ0n) is 17.3. The van der Waals surface area contributed by atoms with E-state index in [1.54, 1.807) is 30.3 Å². The Hall–Kier alpha value is -2.97. The summed E-state index contributed by atoms with van der Waals surface area (Å²) in [5.41, 5.74) is 1.63. The van der Waals surface area contributed by atoms with Crippen molar-refractivity contribution < 1.29 is 14.3 Å². The molecule has 0 radical (unpaired) electrons. The number of fused-ring (bicyclic) bond motifs is 1. The van der Waals surface area contributed by atoms with E-state index in [9.17, 15) is 9.59 Å². The third kappa shape index (κ3) is 5.39. The smallest absolute Gasteiger partial charge is 0.261 e. The monoisotopic (exact) mass is 499 g/mol. The summed E-state index contributed by atoms with van der Waals surface area (Å²) in [4.78, 5) is 24.8. The van der Waals surface area contributed by atoms with Gasteiger partial charge in [0, 0.05) is 17.3 Å². The van der Waals surface area contributed by atoms with Crippen LogP contribution in [0.25, 0.3) is 10.8 Å². The van der Waals surface area contributed by atoms with Crippen molar-refractivity contribution in [2.75, 3.05) is 17.7 Å². The molecule has 3 aromatic carbocycles. The minimum atomic E-state index is -0.398. The predicted molar refractivity (Wildman–Crippen MR) is 132 cm³/mol. The first-order valence-corrected chi connectivity index (χ1v) is 10.8. The fourth-order valence-electron chi connectivity index (χ4n) is 2.95. The molecule has 0 aliphatic carbocycles. The highest BCUT2D eigenvalue weighted by Gasteiger charge is 2.19. The molecule has 31 heavy (non-hydrogen) atoms. The summed E-state index contributed by atoms with van der Waals surface area (Å²) in [6, 6.07) is 16.5. The molecule has 0 aliphatic heterocycles. The maximum atomic E-state index is 12.9.